The van der Waals surface area contributed by atoms with Crippen molar-refractivity contribution in [3.05, 3.63) is 35.9 Å². The molecule has 2 nitrogen and oxygen atoms in total. The van der Waals surface area contributed by atoms with Gasteiger partial charge in [-0.05, 0) is 19.4 Å². The van der Waals surface area contributed by atoms with E-state index in [1.54, 1.807) is 4.90 Å². The second-order valence-corrected chi connectivity index (χ2v) is 5.19. The first-order chi connectivity index (χ1) is 7.61. The molecule has 0 aliphatic carbocycles. The third-order valence-corrected chi connectivity index (χ3v) is 3.79. The van der Waals surface area contributed by atoms with E-state index in [4.69, 9.17) is 0 Å². The van der Waals surface area contributed by atoms with Crippen LogP contribution in [0.4, 0.5) is 4.39 Å². The number of hydrogen-bond acceptors (Lipinski definition) is 2. The van der Waals surface area contributed by atoms with E-state index in [9.17, 15) is 9.18 Å². The molecular weight excluding hydrogens is 225 g/mol. The molecule has 0 saturated carbocycles. The minimum absolute atomic E-state index is 0.0194. The number of hydrogen-bond donors (Lipinski definition) is 0. The molecule has 1 aromatic rings. The summed E-state index contributed by atoms with van der Waals surface area (Å²) in [5.74, 6) is -0.408. The van der Waals surface area contributed by atoms with Crippen LogP contribution >= 0.6 is 11.8 Å². The van der Waals surface area contributed by atoms with Crippen molar-refractivity contribution in [2.24, 2.45) is 0 Å². The Kier molecular flexibility index (Phi) is 3.19. The Morgan fingerprint density at radius 3 is 2.50 bits per heavy atom. The first-order valence-corrected chi connectivity index (χ1v) is 6.22. The smallest absolute Gasteiger partial charge is 0.269 e. The lowest BCUT2D eigenvalue weighted by Crippen LogP contribution is -2.35. The molecule has 86 valence electrons. The molecule has 0 radical (unpaired) electrons. The lowest BCUT2D eigenvalue weighted by atomic mass is 10.2. The van der Waals surface area contributed by atoms with Crippen LogP contribution in [0.3, 0.4) is 0 Å². The van der Waals surface area contributed by atoms with Crippen LogP contribution in [-0.4, -0.2) is 22.4 Å². The number of benzene rings is 1. The molecule has 1 aromatic carbocycles. The van der Waals surface area contributed by atoms with Gasteiger partial charge in [0.05, 0.1) is 0 Å². The van der Waals surface area contributed by atoms with E-state index in [1.165, 1.54) is 0 Å². The van der Waals surface area contributed by atoms with Gasteiger partial charge in [0, 0.05) is 6.04 Å². The van der Waals surface area contributed by atoms with Crippen molar-refractivity contribution in [3.63, 3.8) is 0 Å². The molecule has 0 aromatic heterocycles. The third kappa shape index (κ3) is 1.94. The highest BCUT2D eigenvalue weighted by atomic mass is 32.2. The van der Waals surface area contributed by atoms with E-state index in [1.807, 2.05) is 44.2 Å². The zero-order valence-corrected chi connectivity index (χ0v) is 10.1. The van der Waals surface area contributed by atoms with Crippen molar-refractivity contribution in [1.29, 1.82) is 0 Å². The molecule has 16 heavy (non-hydrogen) atoms. The minimum atomic E-state index is -1.42. The molecular formula is C12H14FNOS. The van der Waals surface area contributed by atoms with Crippen LogP contribution < -0.4 is 0 Å². The number of rotatable bonds is 2. The molecule has 0 unspecified atom stereocenters. The van der Waals surface area contributed by atoms with Gasteiger partial charge in [-0.1, -0.05) is 42.1 Å². The van der Waals surface area contributed by atoms with Gasteiger partial charge in [0.15, 0.2) is 0 Å². The normalized spacial score (nSPS) is 25.5. The molecule has 2 rings (SSSR count). The van der Waals surface area contributed by atoms with Gasteiger partial charge in [-0.25, -0.2) is 4.39 Å². The molecule has 1 fully saturated rings. The Morgan fingerprint density at radius 1 is 1.31 bits per heavy atom. The summed E-state index contributed by atoms with van der Waals surface area (Å²) in [5, 5.41) is -0.191. The number of nitrogens with zero attached hydrogens (tertiary/aromatic N) is 1. The second kappa shape index (κ2) is 4.45. The SMILES string of the molecule is CC(C)N1C(=O)[C@H](F)S[C@@H]1c1ccccc1. The first-order valence-electron chi connectivity index (χ1n) is 5.28. The number of halogens is 1. The molecule has 1 amide bonds. The zero-order chi connectivity index (χ0) is 11.7. The predicted octanol–water partition coefficient (Wildman–Crippen LogP) is 2.96. The Bertz CT molecular complexity index is 382. The van der Waals surface area contributed by atoms with Crippen LogP contribution in [0, 0.1) is 0 Å². The molecule has 1 aliphatic heterocycles. The Labute approximate surface area is 98.8 Å². The van der Waals surface area contributed by atoms with E-state index >= 15 is 0 Å². The third-order valence-electron chi connectivity index (χ3n) is 2.59. The van der Waals surface area contributed by atoms with Crippen LogP contribution in [0.25, 0.3) is 0 Å². The standard InChI is InChI=1S/C12H14FNOS/c1-8(2)14-11(15)10(13)16-12(14)9-6-4-3-5-7-9/h3-8,10,12H,1-2H3/t10-,12-/m1/s1. The lowest BCUT2D eigenvalue weighted by Gasteiger charge is -2.27. The van der Waals surface area contributed by atoms with E-state index < -0.39 is 11.4 Å². The molecule has 2 atom stereocenters. The summed E-state index contributed by atoms with van der Waals surface area (Å²) in [5.41, 5.74) is -0.442. The van der Waals surface area contributed by atoms with E-state index in [0.29, 0.717) is 0 Å². The van der Waals surface area contributed by atoms with Gasteiger partial charge in [-0.3, -0.25) is 4.79 Å². The Morgan fingerprint density at radius 2 is 1.94 bits per heavy atom. The molecule has 1 saturated heterocycles. The number of carbonyl (C=O) groups is 1. The zero-order valence-electron chi connectivity index (χ0n) is 9.26. The Balaban J connectivity index is 2.31. The number of thioether (sulfide) groups is 1. The quantitative estimate of drug-likeness (QED) is 0.790. The lowest BCUT2D eigenvalue weighted by molar-refractivity contribution is -0.134. The molecule has 1 aliphatic rings. The monoisotopic (exact) mass is 239 g/mol. The summed E-state index contributed by atoms with van der Waals surface area (Å²) in [4.78, 5) is 13.3. The van der Waals surface area contributed by atoms with Gasteiger partial charge in [0.1, 0.15) is 5.37 Å². The summed E-state index contributed by atoms with van der Waals surface area (Å²) >= 11 is 1.07. The van der Waals surface area contributed by atoms with Crippen molar-refractivity contribution in [1.82, 2.24) is 4.90 Å². The Hall–Kier alpha value is -1.03. The highest BCUT2D eigenvalue weighted by Crippen LogP contribution is 2.44. The fourth-order valence-electron chi connectivity index (χ4n) is 1.85. The number of amides is 1. The highest BCUT2D eigenvalue weighted by Gasteiger charge is 2.42. The van der Waals surface area contributed by atoms with Crippen LogP contribution in [-0.2, 0) is 4.79 Å². The minimum Gasteiger partial charge on any atom is -0.321 e. The fourth-order valence-corrected chi connectivity index (χ4v) is 3.11. The molecule has 1 heterocycles. The summed E-state index contributed by atoms with van der Waals surface area (Å²) < 4.78 is 13.4. The average molecular weight is 239 g/mol. The van der Waals surface area contributed by atoms with Crippen molar-refractivity contribution in [2.75, 3.05) is 0 Å². The van der Waals surface area contributed by atoms with Gasteiger partial charge in [0.2, 0.25) is 5.50 Å². The topological polar surface area (TPSA) is 20.3 Å². The van der Waals surface area contributed by atoms with E-state index in [2.05, 4.69) is 0 Å². The largest absolute Gasteiger partial charge is 0.321 e. The number of carbonyl (C=O) groups excluding carboxylic acids is 1. The van der Waals surface area contributed by atoms with Crippen LogP contribution in [0.2, 0.25) is 0 Å². The fraction of sp³-hybridized carbons (Fsp3) is 0.417. The predicted molar refractivity (Wildman–Crippen MR) is 63.7 cm³/mol. The molecule has 0 spiro atoms. The summed E-state index contributed by atoms with van der Waals surface area (Å²) in [6.07, 6.45) is 0. The molecule has 0 N–H and O–H groups in total. The van der Waals surface area contributed by atoms with Gasteiger partial charge >= 0.3 is 0 Å². The van der Waals surface area contributed by atoms with Crippen LogP contribution in [0.15, 0.2) is 30.3 Å². The van der Waals surface area contributed by atoms with Crippen LogP contribution in [0.5, 0.6) is 0 Å². The molecule has 0 bridgehead atoms. The van der Waals surface area contributed by atoms with Crippen molar-refractivity contribution in [2.45, 2.75) is 30.8 Å². The van der Waals surface area contributed by atoms with Gasteiger partial charge in [0.25, 0.3) is 5.91 Å². The summed E-state index contributed by atoms with van der Waals surface area (Å²) in [6.45, 7) is 3.82. The maximum absolute atomic E-state index is 13.4. The molecule has 4 heteroatoms. The average Bonchev–Trinajstić information content (AvgIpc) is 2.57. The second-order valence-electron chi connectivity index (χ2n) is 4.05. The van der Waals surface area contributed by atoms with Crippen molar-refractivity contribution >= 4 is 17.7 Å². The van der Waals surface area contributed by atoms with Gasteiger partial charge in [-0.2, -0.15) is 0 Å². The van der Waals surface area contributed by atoms with E-state index in [0.717, 1.165) is 17.3 Å². The van der Waals surface area contributed by atoms with Crippen molar-refractivity contribution < 1.29 is 9.18 Å². The number of alkyl halides is 1. The summed E-state index contributed by atoms with van der Waals surface area (Å²) in [7, 11) is 0. The summed E-state index contributed by atoms with van der Waals surface area (Å²) in [6, 6.07) is 9.61. The highest BCUT2D eigenvalue weighted by molar-refractivity contribution is 8.01. The van der Waals surface area contributed by atoms with Crippen molar-refractivity contribution in [3.8, 4) is 0 Å². The van der Waals surface area contributed by atoms with E-state index in [-0.39, 0.29) is 11.4 Å². The maximum Gasteiger partial charge on any atom is 0.269 e. The van der Waals surface area contributed by atoms with Crippen LogP contribution in [0.1, 0.15) is 24.8 Å². The van der Waals surface area contributed by atoms with Gasteiger partial charge < -0.3 is 4.90 Å². The van der Waals surface area contributed by atoms with Gasteiger partial charge in [-0.15, -0.1) is 0 Å². The maximum atomic E-state index is 13.4. The first kappa shape index (κ1) is 11.5.